The maximum Gasteiger partial charge on any atom is 0.416 e. The third kappa shape index (κ3) is 4.99. The highest BCUT2D eigenvalue weighted by atomic mass is 32.2. The van der Waals surface area contributed by atoms with Gasteiger partial charge in [-0.3, -0.25) is 10.0 Å². The molecular weight excluding hydrogens is 389 g/mol. The molecule has 0 atom stereocenters. The van der Waals surface area contributed by atoms with Gasteiger partial charge in [0.1, 0.15) is 16.8 Å². The van der Waals surface area contributed by atoms with E-state index in [-0.39, 0.29) is 24.9 Å². The van der Waals surface area contributed by atoms with Gasteiger partial charge in [0.2, 0.25) is 10.0 Å². The SMILES string of the molecule is C/C=C(\C(=O)NO)S(=O)(=O)N1CCC(Oc2ccc(C(F)(F)F)cc2)CC1. The van der Waals surface area contributed by atoms with Crippen molar-refractivity contribution in [1.82, 2.24) is 9.79 Å². The molecule has 0 radical (unpaired) electrons. The molecular formula is C16H19F3N2O5S. The van der Waals surface area contributed by atoms with Crippen molar-refractivity contribution >= 4 is 15.9 Å². The minimum Gasteiger partial charge on any atom is -0.490 e. The summed E-state index contributed by atoms with van der Waals surface area (Å²) in [5.74, 6) is -0.862. The number of hydrogen-bond acceptors (Lipinski definition) is 5. The van der Waals surface area contributed by atoms with Crippen LogP contribution in [0.4, 0.5) is 13.2 Å². The van der Waals surface area contributed by atoms with Gasteiger partial charge in [-0.05, 0) is 44.0 Å². The number of piperidine rings is 1. The zero-order valence-corrected chi connectivity index (χ0v) is 15.2. The van der Waals surface area contributed by atoms with Gasteiger partial charge in [0.05, 0.1) is 5.56 Å². The number of benzene rings is 1. The predicted molar refractivity (Wildman–Crippen MR) is 89.3 cm³/mol. The van der Waals surface area contributed by atoms with Crippen LogP contribution in [0.2, 0.25) is 0 Å². The first-order valence-corrected chi connectivity index (χ1v) is 9.48. The van der Waals surface area contributed by atoms with Crippen LogP contribution in [0.3, 0.4) is 0 Å². The van der Waals surface area contributed by atoms with Gasteiger partial charge in [0.15, 0.2) is 0 Å². The largest absolute Gasteiger partial charge is 0.490 e. The molecule has 11 heteroatoms. The highest BCUT2D eigenvalue weighted by Crippen LogP contribution is 2.31. The molecule has 0 unspecified atom stereocenters. The fourth-order valence-electron chi connectivity index (χ4n) is 2.70. The summed E-state index contributed by atoms with van der Waals surface area (Å²) in [5.41, 5.74) is 0.519. The van der Waals surface area contributed by atoms with Crippen LogP contribution in [-0.2, 0) is 21.0 Å². The summed E-state index contributed by atoms with van der Waals surface area (Å²) in [6, 6.07) is 4.27. The number of halogens is 3. The van der Waals surface area contributed by atoms with Crippen LogP contribution in [0.15, 0.2) is 35.2 Å². The first kappa shape index (κ1) is 21.2. The molecule has 1 saturated heterocycles. The average molecular weight is 408 g/mol. The highest BCUT2D eigenvalue weighted by molar-refractivity contribution is 7.94. The minimum absolute atomic E-state index is 0.0731. The van der Waals surface area contributed by atoms with Crippen molar-refractivity contribution < 1.29 is 36.3 Å². The van der Waals surface area contributed by atoms with Crippen molar-refractivity contribution in [3.05, 3.63) is 40.8 Å². The Morgan fingerprint density at radius 2 is 1.81 bits per heavy atom. The lowest BCUT2D eigenvalue weighted by Gasteiger charge is -2.31. The lowest BCUT2D eigenvalue weighted by Crippen LogP contribution is -2.44. The van der Waals surface area contributed by atoms with Crippen LogP contribution >= 0.6 is 0 Å². The maximum absolute atomic E-state index is 12.6. The molecule has 7 nitrogen and oxygen atoms in total. The van der Waals surface area contributed by atoms with Gasteiger partial charge in [0, 0.05) is 13.1 Å². The molecule has 1 aliphatic rings. The summed E-state index contributed by atoms with van der Waals surface area (Å²) < 4.78 is 69.3. The Labute approximate surface area is 154 Å². The fourth-order valence-corrected chi connectivity index (χ4v) is 4.24. The number of hydroxylamine groups is 1. The Kier molecular flexibility index (Phi) is 6.50. The Bertz CT molecular complexity index is 798. The van der Waals surface area contributed by atoms with Gasteiger partial charge in [-0.25, -0.2) is 13.9 Å². The van der Waals surface area contributed by atoms with Crippen LogP contribution in [0, 0.1) is 0 Å². The third-order valence-corrected chi connectivity index (χ3v) is 6.11. The first-order valence-electron chi connectivity index (χ1n) is 8.04. The Balaban J connectivity index is 1.98. The number of sulfonamides is 1. The highest BCUT2D eigenvalue weighted by Gasteiger charge is 2.34. The van der Waals surface area contributed by atoms with E-state index < -0.39 is 32.6 Å². The van der Waals surface area contributed by atoms with Crippen molar-refractivity contribution in [2.75, 3.05) is 13.1 Å². The van der Waals surface area contributed by atoms with E-state index in [4.69, 9.17) is 9.94 Å². The standard InChI is InChI=1S/C16H19F3N2O5S/c1-2-14(15(22)20-23)27(24,25)21-9-7-13(8-10-21)26-12-5-3-11(4-6-12)16(17,18)19/h2-6,13,23H,7-10H2,1H3,(H,20,22)/b14-2+. The summed E-state index contributed by atoms with van der Waals surface area (Å²) in [5, 5.41) is 8.66. The van der Waals surface area contributed by atoms with Crippen LogP contribution in [0.1, 0.15) is 25.3 Å². The Morgan fingerprint density at radius 1 is 1.26 bits per heavy atom. The summed E-state index contributed by atoms with van der Waals surface area (Å²) >= 11 is 0. The number of carbonyl (C=O) groups excluding carboxylic acids is 1. The molecule has 150 valence electrons. The number of nitrogens with zero attached hydrogens (tertiary/aromatic N) is 1. The lowest BCUT2D eigenvalue weighted by atomic mass is 10.1. The number of allylic oxidation sites excluding steroid dienone is 1. The second-order valence-corrected chi connectivity index (χ2v) is 7.74. The van der Waals surface area contributed by atoms with Crippen molar-refractivity contribution in [3.63, 3.8) is 0 Å². The molecule has 1 aromatic carbocycles. The van der Waals surface area contributed by atoms with Crippen molar-refractivity contribution in [2.45, 2.75) is 32.0 Å². The number of ether oxygens (including phenoxy) is 1. The molecule has 1 aromatic rings. The molecule has 1 amide bonds. The normalized spacial score (nSPS) is 17.6. The quantitative estimate of drug-likeness (QED) is 0.443. The Hall–Kier alpha value is -2.11. The van der Waals surface area contributed by atoms with Gasteiger partial charge in [-0.2, -0.15) is 17.5 Å². The Morgan fingerprint density at radius 3 is 2.26 bits per heavy atom. The molecule has 0 saturated carbocycles. The van der Waals surface area contributed by atoms with Gasteiger partial charge < -0.3 is 4.74 Å². The average Bonchev–Trinajstić information content (AvgIpc) is 2.62. The number of rotatable bonds is 5. The number of nitrogens with one attached hydrogen (secondary N) is 1. The van der Waals surface area contributed by atoms with E-state index in [9.17, 15) is 26.4 Å². The number of alkyl halides is 3. The summed E-state index contributed by atoms with van der Waals surface area (Å²) in [4.78, 5) is 10.9. The van der Waals surface area contributed by atoms with E-state index in [1.165, 1.54) is 24.5 Å². The van der Waals surface area contributed by atoms with Crippen molar-refractivity contribution in [3.8, 4) is 5.75 Å². The third-order valence-electron chi connectivity index (χ3n) is 4.09. The number of hydrogen-bond donors (Lipinski definition) is 2. The van der Waals surface area contributed by atoms with E-state index >= 15 is 0 Å². The van der Waals surface area contributed by atoms with Gasteiger partial charge >= 0.3 is 6.18 Å². The molecule has 1 fully saturated rings. The zero-order chi connectivity index (χ0) is 20.2. The molecule has 0 bridgehead atoms. The van der Waals surface area contributed by atoms with E-state index in [1.54, 1.807) is 0 Å². The zero-order valence-electron chi connectivity index (χ0n) is 14.4. The molecule has 2 rings (SSSR count). The fraction of sp³-hybridized carbons (Fsp3) is 0.438. The van der Waals surface area contributed by atoms with Crippen LogP contribution in [0.25, 0.3) is 0 Å². The number of amides is 1. The van der Waals surface area contributed by atoms with E-state index in [1.807, 2.05) is 0 Å². The smallest absolute Gasteiger partial charge is 0.416 e. The molecule has 0 aromatic heterocycles. The van der Waals surface area contributed by atoms with Gasteiger partial charge in [-0.15, -0.1) is 0 Å². The van der Waals surface area contributed by atoms with Crippen molar-refractivity contribution in [1.29, 1.82) is 0 Å². The minimum atomic E-state index is -4.43. The second kappa shape index (κ2) is 8.28. The second-order valence-electron chi connectivity index (χ2n) is 5.84. The molecule has 27 heavy (non-hydrogen) atoms. The molecule has 1 aliphatic heterocycles. The number of carbonyl (C=O) groups is 1. The predicted octanol–water partition coefficient (Wildman–Crippen LogP) is 2.29. The molecule has 1 heterocycles. The summed E-state index contributed by atoms with van der Waals surface area (Å²) in [7, 11) is -4.06. The summed E-state index contributed by atoms with van der Waals surface area (Å²) in [6.45, 7) is 1.51. The molecule has 2 N–H and O–H groups in total. The topological polar surface area (TPSA) is 95.9 Å². The monoisotopic (exact) mass is 408 g/mol. The van der Waals surface area contributed by atoms with Crippen LogP contribution in [-0.4, -0.2) is 43.0 Å². The van der Waals surface area contributed by atoms with Crippen LogP contribution in [0.5, 0.6) is 5.75 Å². The maximum atomic E-state index is 12.6. The summed E-state index contributed by atoms with van der Waals surface area (Å²) in [6.07, 6.45) is -3.10. The molecule has 0 spiro atoms. The van der Waals surface area contributed by atoms with E-state index in [2.05, 4.69) is 0 Å². The van der Waals surface area contributed by atoms with Gasteiger partial charge in [0.25, 0.3) is 5.91 Å². The van der Waals surface area contributed by atoms with E-state index in [0.717, 1.165) is 22.5 Å². The van der Waals surface area contributed by atoms with Crippen molar-refractivity contribution in [2.24, 2.45) is 0 Å². The van der Waals surface area contributed by atoms with Crippen LogP contribution < -0.4 is 10.2 Å². The first-order chi connectivity index (χ1) is 12.6. The van der Waals surface area contributed by atoms with E-state index in [0.29, 0.717) is 12.8 Å². The van der Waals surface area contributed by atoms with Gasteiger partial charge in [-0.1, -0.05) is 6.08 Å². The molecule has 0 aliphatic carbocycles. The lowest BCUT2D eigenvalue weighted by molar-refractivity contribution is -0.137.